The maximum atomic E-state index is 13.8. The fourth-order valence-electron chi connectivity index (χ4n) is 2.64. The average Bonchev–Trinajstić information content (AvgIpc) is 2.74. The number of carbonyl (C=O) groups excluding carboxylic acids is 2. The van der Waals surface area contributed by atoms with Crippen LogP contribution in [-0.4, -0.2) is 36.5 Å². The van der Waals surface area contributed by atoms with Gasteiger partial charge < -0.3 is 14.8 Å². The number of amides is 1. The van der Waals surface area contributed by atoms with Gasteiger partial charge in [0, 0.05) is 13.5 Å². The van der Waals surface area contributed by atoms with Gasteiger partial charge in [-0.15, -0.1) is 0 Å². The molecular formula is C21H22F4N4O3. The number of nitrogens with zero attached hydrogens (tertiary/aromatic N) is 3. The number of rotatable bonds is 10. The van der Waals surface area contributed by atoms with Gasteiger partial charge in [0.25, 0.3) is 5.92 Å². The largest absolute Gasteiger partial charge is 0.435 e. The number of hydrazone groups is 1. The van der Waals surface area contributed by atoms with Crippen LogP contribution in [0.5, 0.6) is 5.75 Å². The summed E-state index contributed by atoms with van der Waals surface area (Å²) in [6.07, 6.45) is -0.0895. The molecule has 0 spiro atoms. The van der Waals surface area contributed by atoms with E-state index in [1.165, 1.54) is 62.3 Å². The van der Waals surface area contributed by atoms with Gasteiger partial charge in [-0.3, -0.25) is 9.80 Å². The summed E-state index contributed by atoms with van der Waals surface area (Å²) >= 11 is 0. The van der Waals surface area contributed by atoms with Crippen LogP contribution >= 0.6 is 0 Å². The van der Waals surface area contributed by atoms with E-state index >= 15 is 0 Å². The van der Waals surface area contributed by atoms with Gasteiger partial charge in [-0.05, 0) is 43.3 Å². The first-order valence-corrected chi connectivity index (χ1v) is 9.52. The molecule has 1 unspecified atom stereocenters. The molecule has 32 heavy (non-hydrogen) atoms. The SMILES string of the molecule is CCC(F)(F)c1cccc(NC(=O)C(C=O)/C(C)=N\N(C)c2ccc(OC(F)F)cc2)n1. The van der Waals surface area contributed by atoms with Gasteiger partial charge in [0.2, 0.25) is 5.91 Å². The Balaban J connectivity index is 2.13. The highest BCUT2D eigenvalue weighted by Gasteiger charge is 2.31. The zero-order valence-electron chi connectivity index (χ0n) is 17.6. The molecule has 0 aliphatic heterocycles. The van der Waals surface area contributed by atoms with Crippen molar-refractivity contribution in [3.8, 4) is 5.75 Å². The van der Waals surface area contributed by atoms with E-state index in [1.807, 2.05) is 0 Å². The molecule has 172 valence electrons. The average molecular weight is 454 g/mol. The third-order valence-corrected chi connectivity index (χ3v) is 4.43. The highest BCUT2D eigenvalue weighted by molar-refractivity contribution is 6.17. The van der Waals surface area contributed by atoms with E-state index in [0.29, 0.717) is 12.0 Å². The number of hydrogen-bond donors (Lipinski definition) is 1. The van der Waals surface area contributed by atoms with Crippen molar-refractivity contribution in [2.45, 2.75) is 32.8 Å². The molecule has 2 aromatic rings. The van der Waals surface area contributed by atoms with Gasteiger partial charge >= 0.3 is 6.61 Å². The Labute approximate surface area is 182 Å². The van der Waals surface area contributed by atoms with Crippen LogP contribution in [0.4, 0.5) is 29.1 Å². The first kappa shape index (κ1) is 24.8. The van der Waals surface area contributed by atoms with Crippen LogP contribution in [0.1, 0.15) is 26.0 Å². The molecule has 0 fully saturated rings. The number of halogens is 4. The number of ether oxygens (including phenoxy) is 1. The summed E-state index contributed by atoms with van der Waals surface area (Å²) in [5, 5.41) is 7.86. The third kappa shape index (κ3) is 6.50. The topological polar surface area (TPSA) is 83.9 Å². The molecule has 1 N–H and O–H groups in total. The summed E-state index contributed by atoms with van der Waals surface area (Å²) < 4.78 is 56.4. The molecule has 2 rings (SSSR count). The van der Waals surface area contributed by atoms with Crippen molar-refractivity contribution in [2.75, 3.05) is 17.4 Å². The number of aromatic nitrogens is 1. The lowest BCUT2D eigenvalue weighted by molar-refractivity contribution is -0.122. The number of nitrogens with one attached hydrogen (secondary N) is 1. The summed E-state index contributed by atoms with van der Waals surface area (Å²) in [6.45, 7) is -0.196. The number of anilines is 2. The van der Waals surface area contributed by atoms with Crippen molar-refractivity contribution < 1.29 is 31.9 Å². The Hall–Kier alpha value is -3.50. The Morgan fingerprint density at radius 3 is 2.47 bits per heavy atom. The molecule has 11 heteroatoms. The van der Waals surface area contributed by atoms with Crippen molar-refractivity contribution in [3.05, 3.63) is 48.2 Å². The van der Waals surface area contributed by atoms with Crippen LogP contribution in [-0.2, 0) is 15.5 Å². The van der Waals surface area contributed by atoms with E-state index in [9.17, 15) is 27.2 Å². The summed E-state index contributed by atoms with van der Waals surface area (Å²) in [7, 11) is 1.53. The minimum absolute atomic E-state index is 0.0358. The maximum absolute atomic E-state index is 13.8. The molecule has 0 aliphatic rings. The van der Waals surface area contributed by atoms with Crippen molar-refractivity contribution in [1.82, 2.24) is 4.98 Å². The van der Waals surface area contributed by atoms with E-state index in [2.05, 4.69) is 20.1 Å². The monoisotopic (exact) mass is 454 g/mol. The molecule has 7 nitrogen and oxygen atoms in total. The van der Waals surface area contributed by atoms with E-state index in [1.54, 1.807) is 0 Å². The number of hydrogen-bond acceptors (Lipinski definition) is 6. The number of aldehydes is 1. The number of benzene rings is 1. The molecule has 1 atom stereocenters. The van der Waals surface area contributed by atoms with Crippen LogP contribution < -0.4 is 15.1 Å². The van der Waals surface area contributed by atoms with Crippen LogP contribution in [0.25, 0.3) is 0 Å². The van der Waals surface area contributed by atoms with Gasteiger partial charge in [0.1, 0.15) is 29.5 Å². The molecule has 1 amide bonds. The van der Waals surface area contributed by atoms with Gasteiger partial charge in [0.15, 0.2) is 0 Å². The second-order valence-corrected chi connectivity index (χ2v) is 6.71. The number of alkyl halides is 4. The van der Waals surface area contributed by atoms with Crippen molar-refractivity contribution in [3.63, 3.8) is 0 Å². The highest BCUT2D eigenvalue weighted by atomic mass is 19.3. The van der Waals surface area contributed by atoms with E-state index in [0.717, 1.165) is 6.07 Å². The van der Waals surface area contributed by atoms with Crippen LogP contribution in [0.2, 0.25) is 0 Å². The zero-order chi connectivity index (χ0) is 23.9. The van der Waals surface area contributed by atoms with Crippen molar-refractivity contribution in [1.29, 1.82) is 0 Å². The highest BCUT2D eigenvalue weighted by Crippen LogP contribution is 2.30. The predicted octanol–water partition coefficient (Wildman–Crippen LogP) is 4.45. The molecule has 0 radical (unpaired) electrons. The summed E-state index contributed by atoms with van der Waals surface area (Å²) in [6, 6.07) is 9.37. The summed E-state index contributed by atoms with van der Waals surface area (Å²) in [5.74, 6) is -5.41. The molecule has 1 aromatic heterocycles. The second-order valence-electron chi connectivity index (χ2n) is 6.71. The molecular weight excluding hydrogens is 432 g/mol. The normalized spacial score (nSPS) is 12.9. The van der Waals surface area contributed by atoms with Crippen molar-refractivity contribution >= 4 is 29.4 Å². The maximum Gasteiger partial charge on any atom is 0.387 e. The molecule has 0 saturated carbocycles. The Morgan fingerprint density at radius 1 is 1.25 bits per heavy atom. The lowest BCUT2D eigenvalue weighted by Crippen LogP contribution is -2.31. The quantitative estimate of drug-likeness (QED) is 0.189. The molecule has 1 heterocycles. The van der Waals surface area contributed by atoms with Crippen LogP contribution in [0, 0.1) is 5.92 Å². The molecule has 0 aliphatic carbocycles. The van der Waals surface area contributed by atoms with Gasteiger partial charge in [-0.2, -0.15) is 22.7 Å². The van der Waals surface area contributed by atoms with E-state index in [-0.39, 0.29) is 17.3 Å². The standard InChI is InChI=1S/C21H22F4N4O3/c1-4-21(24,25)17-6-5-7-18(26-17)27-19(31)16(12-30)13(2)28-29(3)14-8-10-15(11-9-14)32-20(22)23/h5-12,16,20H,4H2,1-3H3,(H,26,27,31)/b28-13-. The van der Waals surface area contributed by atoms with Gasteiger partial charge in [-0.1, -0.05) is 13.0 Å². The lowest BCUT2D eigenvalue weighted by atomic mass is 10.1. The third-order valence-electron chi connectivity index (χ3n) is 4.43. The first-order chi connectivity index (χ1) is 15.1. The second kappa shape index (κ2) is 10.7. The smallest absolute Gasteiger partial charge is 0.387 e. The Kier molecular flexibility index (Phi) is 8.27. The lowest BCUT2D eigenvalue weighted by Gasteiger charge is -2.18. The fraction of sp³-hybridized carbons (Fsp3) is 0.333. The van der Waals surface area contributed by atoms with Crippen molar-refractivity contribution in [2.24, 2.45) is 11.0 Å². The fourth-order valence-corrected chi connectivity index (χ4v) is 2.64. The minimum atomic E-state index is -3.15. The summed E-state index contributed by atoms with van der Waals surface area (Å²) in [4.78, 5) is 27.8. The first-order valence-electron chi connectivity index (χ1n) is 9.52. The van der Waals surface area contributed by atoms with Crippen LogP contribution in [0.3, 0.4) is 0 Å². The summed E-state index contributed by atoms with van der Waals surface area (Å²) in [5.41, 5.74) is 0.0972. The Morgan fingerprint density at radius 2 is 1.91 bits per heavy atom. The zero-order valence-corrected chi connectivity index (χ0v) is 17.6. The minimum Gasteiger partial charge on any atom is -0.435 e. The molecule has 1 aromatic carbocycles. The molecule has 0 saturated heterocycles. The van der Waals surface area contributed by atoms with Gasteiger partial charge in [-0.25, -0.2) is 4.98 Å². The predicted molar refractivity (Wildman–Crippen MR) is 111 cm³/mol. The number of pyridine rings is 1. The Bertz CT molecular complexity index is 968. The molecule has 0 bridgehead atoms. The van der Waals surface area contributed by atoms with E-state index in [4.69, 9.17) is 0 Å². The van der Waals surface area contributed by atoms with E-state index < -0.39 is 36.5 Å². The van der Waals surface area contributed by atoms with Crippen LogP contribution in [0.15, 0.2) is 47.6 Å². The van der Waals surface area contributed by atoms with Gasteiger partial charge in [0.05, 0.1) is 11.4 Å². The number of carbonyl (C=O) groups is 2.